The number of allylic oxidation sites excluding steroid dienone is 1. The second-order valence-corrected chi connectivity index (χ2v) is 8.68. The Morgan fingerprint density at radius 1 is 0.972 bits per heavy atom. The Kier molecular flexibility index (Phi) is 12.4. The quantitative estimate of drug-likeness (QED) is 0.145. The summed E-state index contributed by atoms with van der Waals surface area (Å²) >= 11 is 0. The Labute approximate surface area is 214 Å². The van der Waals surface area contributed by atoms with Gasteiger partial charge in [-0.2, -0.15) is 0 Å². The highest BCUT2D eigenvalue weighted by molar-refractivity contribution is 6.06. The fourth-order valence-corrected chi connectivity index (χ4v) is 3.51. The first kappa shape index (κ1) is 28.8. The molecule has 196 valence electrons. The molecule has 0 amide bonds. The molecule has 2 aromatic rings. The van der Waals surface area contributed by atoms with Crippen molar-refractivity contribution in [1.29, 1.82) is 0 Å². The van der Waals surface area contributed by atoms with Crippen molar-refractivity contribution in [3.63, 3.8) is 0 Å². The van der Waals surface area contributed by atoms with Crippen molar-refractivity contribution in [2.75, 3.05) is 33.9 Å². The van der Waals surface area contributed by atoms with Gasteiger partial charge in [-0.25, -0.2) is 0 Å². The number of rotatable bonds is 16. The van der Waals surface area contributed by atoms with Gasteiger partial charge >= 0.3 is 5.97 Å². The summed E-state index contributed by atoms with van der Waals surface area (Å²) in [6.45, 7) is 5.34. The summed E-state index contributed by atoms with van der Waals surface area (Å²) in [6.07, 6.45) is 7.52. The average Bonchev–Trinajstić information content (AvgIpc) is 2.86. The molecule has 2 aromatic carbocycles. The molecule has 0 heterocycles. The number of hydrogen-bond acceptors (Lipinski definition) is 7. The number of phenolic OH excluding ortho intramolecular Hbond substituents is 1. The van der Waals surface area contributed by atoms with Crippen LogP contribution in [0.4, 0.5) is 0 Å². The van der Waals surface area contributed by atoms with Crippen molar-refractivity contribution in [3.05, 3.63) is 65.4 Å². The van der Waals surface area contributed by atoms with Gasteiger partial charge in [0.2, 0.25) is 0 Å². The number of ether oxygens (including phenoxy) is 3. The van der Waals surface area contributed by atoms with E-state index in [1.807, 2.05) is 45.3 Å². The first-order chi connectivity index (χ1) is 17.3. The zero-order valence-corrected chi connectivity index (χ0v) is 21.9. The van der Waals surface area contributed by atoms with Crippen LogP contribution in [0, 0.1) is 0 Å². The van der Waals surface area contributed by atoms with E-state index < -0.39 is 0 Å². The monoisotopic (exact) mass is 497 g/mol. The van der Waals surface area contributed by atoms with Crippen molar-refractivity contribution in [2.45, 2.75) is 52.4 Å². The van der Waals surface area contributed by atoms with Gasteiger partial charge in [-0.1, -0.05) is 19.1 Å². The van der Waals surface area contributed by atoms with E-state index in [9.17, 15) is 14.7 Å². The van der Waals surface area contributed by atoms with E-state index in [4.69, 9.17) is 14.2 Å². The molecule has 0 fully saturated rings. The Balaban J connectivity index is 1.71. The van der Waals surface area contributed by atoms with Gasteiger partial charge in [0, 0.05) is 38.9 Å². The lowest BCUT2D eigenvalue weighted by atomic mass is 10.0. The van der Waals surface area contributed by atoms with Crippen molar-refractivity contribution in [2.24, 2.45) is 0 Å². The molecule has 0 saturated carbocycles. The number of esters is 1. The second-order valence-electron chi connectivity index (χ2n) is 8.68. The van der Waals surface area contributed by atoms with Gasteiger partial charge in [-0.15, -0.1) is 0 Å². The lowest BCUT2D eigenvalue weighted by molar-refractivity contribution is -0.143. The number of hydrogen-bond donors (Lipinski definition) is 1. The highest BCUT2D eigenvalue weighted by Crippen LogP contribution is 2.30. The van der Waals surface area contributed by atoms with Crippen LogP contribution < -0.4 is 9.47 Å². The topological polar surface area (TPSA) is 85.3 Å². The van der Waals surface area contributed by atoms with E-state index in [-0.39, 0.29) is 23.1 Å². The fourth-order valence-electron chi connectivity index (χ4n) is 3.51. The van der Waals surface area contributed by atoms with Gasteiger partial charge in [-0.3, -0.25) is 9.59 Å². The van der Waals surface area contributed by atoms with Crippen molar-refractivity contribution >= 4 is 11.8 Å². The molecule has 0 atom stereocenters. The van der Waals surface area contributed by atoms with E-state index in [1.54, 1.807) is 24.1 Å². The summed E-state index contributed by atoms with van der Waals surface area (Å²) in [7, 11) is 3.66. The second kappa shape index (κ2) is 15.5. The minimum absolute atomic E-state index is 0.0732. The molecule has 0 aliphatic carbocycles. The first-order valence-corrected chi connectivity index (χ1v) is 12.6. The number of unbranched alkanes of at least 4 members (excludes halogenated alkanes) is 2. The number of nitrogens with zero attached hydrogens (tertiary/aromatic N) is 1. The lowest BCUT2D eigenvalue weighted by Crippen LogP contribution is -2.06. The summed E-state index contributed by atoms with van der Waals surface area (Å²) in [5, 5.41) is 10.3. The molecule has 0 aromatic heterocycles. The number of phenols is 1. The Morgan fingerprint density at radius 3 is 2.31 bits per heavy atom. The third kappa shape index (κ3) is 10.0. The standard InChI is InChI=1S/C29H39NO6/c1-5-23-20-25(26(31)16-17-30(3)4)27(32)21-28(23)36-19-9-7-8-18-35-24-13-10-22(11-14-24)12-15-29(33)34-6-2/h10-11,13-14,16-17,20-21,32H,5-9,12,15,18-19H2,1-4H3/b17-16-. The van der Waals surface area contributed by atoms with E-state index in [0.29, 0.717) is 44.8 Å². The molecule has 0 saturated heterocycles. The molecule has 0 aliphatic heterocycles. The van der Waals surface area contributed by atoms with E-state index >= 15 is 0 Å². The molecule has 7 nitrogen and oxygen atoms in total. The zero-order valence-electron chi connectivity index (χ0n) is 21.9. The van der Waals surface area contributed by atoms with Crippen LogP contribution >= 0.6 is 0 Å². The summed E-state index contributed by atoms with van der Waals surface area (Å²) in [5.41, 5.74) is 2.25. The number of aryl methyl sites for hydroxylation is 2. The van der Waals surface area contributed by atoms with Gasteiger partial charge < -0.3 is 24.2 Å². The number of carbonyl (C=O) groups excluding carboxylic acids is 2. The third-order valence-corrected chi connectivity index (χ3v) is 5.51. The van der Waals surface area contributed by atoms with E-state index in [0.717, 1.165) is 36.1 Å². The minimum Gasteiger partial charge on any atom is -0.507 e. The van der Waals surface area contributed by atoms with Crippen molar-refractivity contribution in [1.82, 2.24) is 4.90 Å². The zero-order chi connectivity index (χ0) is 26.3. The minimum atomic E-state index is -0.242. The van der Waals surface area contributed by atoms with Crippen LogP contribution in [-0.2, 0) is 22.4 Å². The Morgan fingerprint density at radius 2 is 1.67 bits per heavy atom. The Hall–Kier alpha value is -3.48. The lowest BCUT2D eigenvalue weighted by Gasteiger charge is -2.13. The molecular weight excluding hydrogens is 458 g/mol. The summed E-state index contributed by atoms with van der Waals surface area (Å²) < 4.78 is 16.7. The van der Waals surface area contributed by atoms with Crippen LogP contribution in [0.2, 0.25) is 0 Å². The number of aromatic hydroxyl groups is 1. The van der Waals surface area contributed by atoms with E-state index in [2.05, 4.69) is 0 Å². The fraction of sp³-hybridized carbons (Fsp3) is 0.448. The van der Waals surface area contributed by atoms with Gasteiger partial charge in [0.15, 0.2) is 5.78 Å². The maximum absolute atomic E-state index is 12.4. The van der Waals surface area contributed by atoms with Crippen LogP contribution in [0.5, 0.6) is 17.2 Å². The van der Waals surface area contributed by atoms with Crippen molar-refractivity contribution < 1.29 is 28.9 Å². The molecule has 0 bridgehead atoms. The number of benzene rings is 2. The molecule has 0 aliphatic rings. The summed E-state index contributed by atoms with van der Waals surface area (Å²) in [5.74, 6) is 0.932. The number of carbonyl (C=O) groups is 2. The number of ketones is 1. The maximum Gasteiger partial charge on any atom is 0.306 e. The predicted octanol–water partition coefficient (Wildman–Crippen LogP) is 5.34. The first-order valence-electron chi connectivity index (χ1n) is 12.6. The van der Waals surface area contributed by atoms with Gasteiger partial charge in [0.1, 0.15) is 17.2 Å². The molecule has 1 N–H and O–H groups in total. The van der Waals surface area contributed by atoms with Crippen LogP contribution in [-0.4, -0.2) is 55.7 Å². The highest BCUT2D eigenvalue weighted by Gasteiger charge is 2.14. The van der Waals surface area contributed by atoms with Crippen LogP contribution in [0.1, 0.15) is 61.0 Å². The van der Waals surface area contributed by atoms with Gasteiger partial charge in [-0.05, 0) is 68.4 Å². The SMILES string of the molecule is CCOC(=O)CCc1ccc(OCCCCCOc2cc(O)c(C(=O)/C=C\N(C)C)cc2CC)cc1. The van der Waals surface area contributed by atoms with E-state index in [1.165, 1.54) is 12.1 Å². The third-order valence-electron chi connectivity index (χ3n) is 5.51. The highest BCUT2D eigenvalue weighted by atomic mass is 16.5. The van der Waals surface area contributed by atoms with Crippen LogP contribution in [0.25, 0.3) is 0 Å². The maximum atomic E-state index is 12.4. The predicted molar refractivity (Wildman–Crippen MR) is 141 cm³/mol. The molecule has 36 heavy (non-hydrogen) atoms. The van der Waals surface area contributed by atoms with Crippen LogP contribution in [0.3, 0.4) is 0 Å². The molecule has 7 heteroatoms. The van der Waals surface area contributed by atoms with Gasteiger partial charge in [0.25, 0.3) is 0 Å². The van der Waals surface area contributed by atoms with Gasteiger partial charge in [0.05, 0.1) is 25.4 Å². The molecule has 2 rings (SSSR count). The Bertz CT molecular complexity index is 998. The molecule has 0 radical (unpaired) electrons. The molecular formula is C29H39NO6. The normalized spacial score (nSPS) is 10.9. The smallest absolute Gasteiger partial charge is 0.306 e. The average molecular weight is 498 g/mol. The summed E-state index contributed by atoms with van der Waals surface area (Å²) in [4.78, 5) is 25.6. The molecule has 0 spiro atoms. The van der Waals surface area contributed by atoms with Crippen LogP contribution in [0.15, 0.2) is 48.7 Å². The largest absolute Gasteiger partial charge is 0.507 e. The van der Waals surface area contributed by atoms with Crippen molar-refractivity contribution in [3.8, 4) is 17.2 Å². The molecule has 0 unspecified atom stereocenters. The summed E-state index contributed by atoms with van der Waals surface area (Å²) in [6, 6.07) is 11.0.